The van der Waals surface area contributed by atoms with Gasteiger partial charge in [-0.2, -0.15) is 5.26 Å². The van der Waals surface area contributed by atoms with Crippen molar-refractivity contribution in [2.45, 2.75) is 27.3 Å². The SMILES string of the molecule is Cc1cc(CN2CCN(C)CC2)c(C)c(-c2cc(C)[nH]c(=O)c2C#N)c1. The summed E-state index contributed by atoms with van der Waals surface area (Å²) in [5.41, 5.74) is 5.93. The summed E-state index contributed by atoms with van der Waals surface area (Å²) in [5, 5.41) is 9.48. The molecule has 0 bridgehead atoms. The summed E-state index contributed by atoms with van der Waals surface area (Å²) in [7, 11) is 2.16. The molecule has 1 aromatic carbocycles. The van der Waals surface area contributed by atoms with Crippen LogP contribution in [0.15, 0.2) is 23.0 Å². The second-order valence-corrected chi connectivity index (χ2v) is 7.36. The first-order valence-corrected chi connectivity index (χ1v) is 9.04. The first kappa shape index (κ1) is 18.4. The fraction of sp³-hybridized carbons (Fsp3) is 0.429. The minimum atomic E-state index is -0.316. The Hall–Kier alpha value is -2.42. The highest BCUT2D eigenvalue weighted by Crippen LogP contribution is 2.30. The van der Waals surface area contributed by atoms with Gasteiger partial charge >= 0.3 is 0 Å². The molecule has 0 spiro atoms. The number of nitrogens with zero attached hydrogens (tertiary/aromatic N) is 3. The molecule has 1 aliphatic heterocycles. The third-order valence-electron chi connectivity index (χ3n) is 5.22. The predicted molar refractivity (Wildman–Crippen MR) is 104 cm³/mol. The summed E-state index contributed by atoms with van der Waals surface area (Å²) < 4.78 is 0. The first-order chi connectivity index (χ1) is 12.4. The standard InChI is InChI=1S/C21H26N4O/c1-14-9-17(13-25-7-5-24(4)6-8-25)16(3)18(10-14)19-11-15(2)23-21(26)20(19)12-22/h9-11H,5-8,13H2,1-4H3,(H,23,26). The van der Waals surface area contributed by atoms with Crippen LogP contribution >= 0.6 is 0 Å². The molecule has 3 rings (SSSR count). The minimum absolute atomic E-state index is 0.190. The minimum Gasteiger partial charge on any atom is -0.325 e. The van der Waals surface area contributed by atoms with Crippen LogP contribution in [0, 0.1) is 32.1 Å². The highest BCUT2D eigenvalue weighted by atomic mass is 16.1. The molecular weight excluding hydrogens is 324 g/mol. The number of nitriles is 1. The topological polar surface area (TPSA) is 63.1 Å². The fourth-order valence-corrected chi connectivity index (χ4v) is 3.64. The van der Waals surface area contributed by atoms with E-state index in [4.69, 9.17) is 0 Å². The molecular formula is C21H26N4O. The normalized spacial score (nSPS) is 15.8. The molecule has 1 saturated heterocycles. The van der Waals surface area contributed by atoms with Gasteiger partial charge in [0.15, 0.2) is 0 Å². The van der Waals surface area contributed by atoms with Crippen LogP contribution < -0.4 is 5.56 Å². The van der Waals surface area contributed by atoms with Crippen molar-refractivity contribution >= 4 is 0 Å². The van der Waals surface area contributed by atoms with Crippen molar-refractivity contribution in [2.75, 3.05) is 33.2 Å². The zero-order chi connectivity index (χ0) is 18.8. The summed E-state index contributed by atoms with van der Waals surface area (Å²) >= 11 is 0. The van der Waals surface area contributed by atoms with Crippen molar-refractivity contribution in [3.63, 3.8) is 0 Å². The van der Waals surface area contributed by atoms with E-state index < -0.39 is 0 Å². The van der Waals surface area contributed by atoms with Crippen LogP contribution in [0.3, 0.4) is 0 Å². The number of hydrogen-bond donors (Lipinski definition) is 1. The number of rotatable bonds is 3. The number of benzene rings is 1. The second-order valence-electron chi connectivity index (χ2n) is 7.36. The summed E-state index contributed by atoms with van der Waals surface area (Å²) in [4.78, 5) is 19.8. The van der Waals surface area contributed by atoms with E-state index in [0.29, 0.717) is 0 Å². The van der Waals surface area contributed by atoms with Gasteiger partial charge in [-0.25, -0.2) is 0 Å². The Morgan fingerprint density at radius 1 is 1.08 bits per heavy atom. The van der Waals surface area contributed by atoms with Gasteiger partial charge in [-0.1, -0.05) is 17.7 Å². The van der Waals surface area contributed by atoms with Gasteiger partial charge in [-0.15, -0.1) is 0 Å². The molecule has 2 heterocycles. The number of piperazine rings is 1. The lowest BCUT2D eigenvalue weighted by molar-refractivity contribution is 0.148. The van der Waals surface area contributed by atoms with Crippen molar-refractivity contribution in [2.24, 2.45) is 0 Å². The number of aromatic amines is 1. The monoisotopic (exact) mass is 350 g/mol. The average molecular weight is 350 g/mol. The van der Waals surface area contributed by atoms with E-state index in [2.05, 4.69) is 53.9 Å². The third-order valence-corrected chi connectivity index (χ3v) is 5.22. The first-order valence-electron chi connectivity index (χ1n) is 9.04. The molecule has 136 valence electrons. The van der Waals surface area contributed by atoms with E-state index in [0.717, 1.165) is 60.7 Å². The molecule has 26 heavy (non-hydrogen) atoms. The molecule has 0 aliphatic carbocycles. The van der Waals surface area contributed by atoms with E-state index in [1.807, 2.05) is 13.0 Å². The lowest BCUT2D eigenvalue weighted by atomic mass is 9.91. The maximum atomic E-state index is 12.2. The highest BCUT2D eigenvalue weighted by molar-refractivity contribution is 5.74. The maximum Gasteiger partial charge on any atom is 0.266 e. The number of pyridine rings is 1. The van der Waals surface area contributed by atoms with Crippen LogP contribution in [-0.4, -0.2) is 48.0 Å². The molecule has 1 N–H and O–H groups in total. The van der Waals surface area contributed by atoms with E-state index in [-0.39, 0.29) is 11.1 Å². The number of nitrogens with one attached hydrogen (secondary N) is 1. The van der Waals surface area contributed by atoms with E-state index in [1.54, 1.807) is 0 Å². The molecule has 2 aromatic rings. The summed E-state index contributed by atoms with van der Waals surface area (Å²) in [6.45, 7) is 11.2. The number of aromatic nitrogens is 1. The molecule has 1 aliphatic rings. The number of likely N-dealkylation sites (N-methyl/N-ethyl adjacent to an activating group) is 1. The van der Waals surface area contributed by atoms with Gasteiger partial charge < -0.3 is 9.88 Å². The van der Waals surface area contributed by atoms with Gasteiger partial charge in [0.05, 0.1) is 0 Å². The zero-order valence-corrected chi connectivity index (χ0v) is 16.0. The van der Waals surface area contributed by atoms with Crippen LogP contribution in [0.1, 0.15) is 27.9 Å². The summed E-state index contributed by atoms with van der Waals surface area (Å²) in [6.07, 6.45) is 0. The quantitative estimate of drug-likeness (QED) is 0.924. The van der Waals surface area contributed by atoms with Gasteiger partial charge in [-0.05, 0) is 50.6 Å². The molecule has 5 heteroatoms. The Labute approximate surface area is 154 Å². The van der Waals surface area contributed by atoms with Crippen molar-refractivity contribution in [3.8, 4) is 17.2 Å². The molecule has 1 aromatic heterocycles. The maximum absolute atomic E-state index is 12.2. The molecule has 1 fully saturated rings. The smallest absolute Gasteiger partial charge is 0.266 e. The molecule has 0 amide bonds. The molecule has 5 nitrogen and oxygen atoms in total. The number of H-pyrrole nitrogens is 1. The van der Waals surface area contributed by atoms with Crippen LogP contribution in [0.5, 0.6) is 0 Å². The molecule has 0 saturated carbocycles. The molecule has 0 radical (unpaired) electrons. The van der Waals surface area contributed by atoms with Crippen LogP contribution in [0.25, 0.3) is 11.1 Å². The zero-order valence-electron chi connectivity index (χ0n) is 16.0. The van der Waals surface area contributed by atoms with Gasteiger partial charge in [0.1, 0.15) is 11.6 Å². The Balaban J connectivity index is 2.04. The predicted octanol–water partition coefficient (Wildman–Crippen LogP) is 2.59. The molecule has 0 unspecified atom stereocenters. The Morgan fingerprint density at radius 2 is 1.77 bits per heavy atom. The summed E-state index contributed by atoms with van der Waals surface area (Å²) in [6, 6.07) is 8.29. The Kier molecular flexibility index (Phi) is 5.26. The largest absolute Gasteiger partial charge is 0.325 e. The lowest BCUT2D eigenvalue weighted by Crippen LogP contribution is -2.44. The fourth-order valence-electron chi connectivity index (χ4n) is 3.64. The summed E-state index contributed by atoms with van der Waals surface area (Å²) in [5.74, 6) is 0. The number of hydrogen-bond acceptors (Lipinski definition) is 4. The second kappa shape index (κ2) is 7.45. The van der Waals surface area contributed by atoms with Crippen LogP contribution in [-0.2, 0) is 6.54 Å². The van der Waals surface area contributed by atoms with Gasteiger partial charge in [0.25, 0.3) is 5.56 Å². The van der Waals surface area contributed by atoms with Gasteiger partial charge in [0.2, 0.25) is 0 Å². The lowest BCUT2D eigenvalue weighted by Gasteiger charge is -2.33. The van der Waals surface area contributed by atoms with Crippen molar-refractivity contribution < 1.29 is 0 Å². The van der Waals surface area contributed by atoms with Crippen molar-refractivity contribution in [3.05, 3.63) is 56.5 Å². The third kappa shape index (κ3) is 3.72. The van der Waals surface area contributed by atoms with E-state index in [1.165, 1.54) is 5.56 Å². The van der Waals surface area contributed by atoms with Crippen molar-refractivity contribution in [1.29, 1.82) is 5.26 Å². The van der Waals surface area contributed by atoms with Crippen LogP contribution in [0.4, 0.5) is 0 Å². The Morgan fingerprint density at radius 3 is 2.42 bits per heavy atom. The number of aryl methyl sites for hydroxylation is 2. The van der Waals surface area contributed by atoms with E-state index in [9.17, 15) is 10.1 Å². The molecule has 0 atom stereocenters. The van der Waals surface area contributed by atoms with Crippen LogP contribution in [0.2, 0.25) is 0 Å². The van der Waals surface area contributed by atoms with Gasteiger partial charge in [-0.3, -0.25) is 9.69 Å². The highest BCUT2D eigenvalue weighted by Gasteiger charge is 2.18. The Bertz CT molecular complexity index is 915. The van der Waals surface area contributed by atoms with E-state index >= 15 is 0 Å². The van der Waals surface area contributed by atoms with Gasteiger partial charge in [0, 0.05) is 44.0 Å². The van der Waals surface area contributed by atoms with Crippen molar-refractivity contribution in [1.82, 2.24) is 14.8 Å². The average Bonchev–Trinajstić information content (AvgIpc) is 2.59.